The number of benzene rings is 3. The van der Waals surface area contributed by atoms with E-state index in [9.17, 15) is 4.79 Å². The maximum atomic E-state index is 13.3. The molecule has 1 aromatic heterocycles. The fourth-order valence-corrected chi connectivity index (χ4v) is 4.38. The Balaban J connectivity index is 1.37. The summed E-state index contributed by atoms with van der Waals surface area (Å²) in [5.41, 5.74) is 4.74. The quantitative estimate of drug-likeness (QED) is 0.390. The largest absolute Gasteiger partial charge is 0.370 e. The Morgan fingerprint density at radius 2 is 1.59 bits per heavy atom. The van der Waals surface area contributed by atoms with Gasteiger partial charge in [0.25, 0.3) is 5.91 Å². The Morgan fingerprint density at radius 1 is 0.853 bits per heavy atom. The zero-order valence-electron chi connectivity index (χ0n) is 19.4. The zero-order chi connectivity index (χ0) is 23.3. The Kier molecular flexibility index (Phi) is 6.38. The molecule has 6 nitrogen and oxygen atoms in total. The standard InChI is InChI=1S/C28H29N5O/c1-20-11-15-24(16-12-20)30-28(34)26(21-8-4-2-5-9-21)29-23-17-13-22(14-18-23)27-32-31-25-10-6-3-7-19-33(25)27/h2,4-5,8-9,11-18,26,29H,3,6-7,10,19H2,1H3,(H,30,34)/t26-/m0/s1. The molecule has 0 saturated heterocycles. The van der Waals surface area contributed by atoms with Crippen LogP contribution in [-0.4, -0.2) is 20.7 Å². The van der Waals surface area contributed by atoms with Crippen LogP contribution < -0.4 is 10.6 Å². The van der Waals surface area contributed by atoms with Crippen molar-refractivity contribution in [2.75, 3.05) is 10.6 Å². The first-order valence-electron chi connectivity index (χ1n) is 11.9. The maximum Gasteiger partial charge on any atom is 0.251 e. The molecule has 172 valence electrons. The summed E-state index contributed by atoms with van der Waals surface area (Å²) >= 11 is 0. The van der Waals surface area contributed by atoms with Crippen LogP contribution in [0.2, 0.25) is 0 Å². The van der Waals surface area contributed by atoms with Gasteiger partial charge in [0.2, 0.25) is 0 Å². The Labute approximate surface area is 200 Å². The Hall–Kier alpha value is -3.93. The van der Waals surface area contributed by atoms with Gasteiger partial charge >= 0.3 is 0 Å². The molecular formula is C28H29N5O. The molecule has 5 rings (SSSR count). The number of anilines is 2. The van der Waals surface area contributed by atoms with Gasteiger partial charge in [-0.1, -0.05) is 54.4 Å². The van der Waals surface area contributed by atoms with Crippen LogP contribution in [0.4, 0.5) is 11.4 Å². The van der Waals surface area contributed by atoms with Crippen LogP contribution in [0.15, 0.2) is 78.9 Å². The van der Waals surface area contributed by atoms with Crippen LogP contribution >= 0.6 is 0 Å². The van der Waals surface area contributed by atoms with E-state index >= 15 is 0 Å². The molecule has 1 amide bonds. The summed E-state index contributed by atoms with van der Waals surface area (Å²) < 4.78 is 2.25. The third kappa shape index (κ3) is 4.86. The topological polar surface area (TPSA) is 71.8 Å². The van der Waals surface area contributed by atoms with Gasteiger partial charge in [-0.15, -0.1) is 10.2 Å². The Bertz CT molecular complexity index is 1250. The van der Waals surface area contributed by atoms with Crippen LogP contribution in [0.25, 0.3) is 11.4 Å². The molecule has 1 aliphatic rings. The average Bonchev–Trinajstić information content (AvgIpc) is 3.12. The molecule has 0 saturated carbocycles. The summed E-state index contributed by atoms with van der Waals surface area (Å²) in [6.07, 6.45) is 4.55. The first-order valence-corrected chi connectivity index (χ1v) is 11.9. The predicted molar refractivity (Wildman–Crippen MR) is 136 cm³/mol. The summed E-state index contributed by atoms with van der Waals surface area (Å²) in [6, 6.07) is 25.2. The predicted octanol–water partition coefficient (Wildman–Crippen LogP) is 5.77. The number of carbonyl (C=O) groups excluding carboxylic acids is 1. The van der Waals surface area contributed by atoms with Crippen molar-refractivity contribution >= 4 is 17.3 Å². The summed E-state index contributed by atoms with van der Waals surface area (Å²) in [4.78, 5) is 13.3. The molecule has 0 radical (unpaired) electrons. The van der Waals surface area contributed by atoms with Gasteiger partial charge < -0.3 is 15.2 Å². The minimum Gasteiger partial charge on any atom is -0.370 e. The number of fused-ring (bicyclic) bond motifs is 1. The fourth-order valence-electron chi connectivity index (χ4n) is 4.38. The van der Waals surface area contributed by atoms with Crippen molar-refractivity contribution in [2.45, 2.75) is 45.2 Å². The summed E-state index contributed by atoms with van der Waals surface area (Å²) in [5, 5.41) is 15.3. The highest BCUT2D eigenvalue weighted by Gasteiger charge is 2.21. The van der Waals surface area contributed by atoms with Gasteiger partial charge in [-0.05, 0) is 61.7 Å². The van der Waals surface area contributed by atoms with Crippen molar-refractivity contribution < 1.29 is 4.79 Å². The van der Waals surface area contributed by atoms with Crippen LogP contribution in [-0.2, 0) is 17.8 Å². The molecule has 34 heavy (non-hydrogen) atoms. The molecule has 0 unspecified atom stereocenters. The van der Waals surface area contributed by atoms with Gasteiger partial charge in [-0.25, -0.2) is 0 Å². The van der Waals surface area contributed by atoms with E-state index in [1.54, 1.807) is 0 Å². The molecule has 0 spiro atoms. The molecular weight excluding hydrogens is 422 g/mol. The number of nitrogens with zero attached hydrogens (tertiary/aromatic N) is 3. The smallest absolute Gasteiger partial charge is 0.251 e. The third-order valence-electron chi connectivity index (χ3n) is 6.28. The number of aryl methyl sites for hydroxylation is 2. The molecule has 0 aliphatic carbocycles. The highest BCUT2D eigenvalue weighted by Crippen LogP contribution is 2.26. The van der Waals surface area contributed by atoms with Gasteiger partial charge in [0.1, 0.15) is 11.9 Å². The normalized spacial score (nSPS) is 14.0. The number of hydrogen-bond donors (Lipinski definition) is 2. The molecule has 3 aromatic carbocycles. The lowest BCUT2D eigenvalue weighted by atomic mass is 10.0. The van der Waals surface area contributed by atoms with Crippen LogP contribution in [0.5, 0.6) is 0 Å². The van der Waals surface area contributed by atoms with Crippen molar-refractivity contribution in [3.05, 3.63) is 95.8 Å². The lowest BCUT2D eigenvalue weighted by Crippen LogP contribution is -2.27. The van der Waals surface area contributed by atoms with Crippen molar-refractivity contribution in [2.24, 2.45) is 0 Å². The second kappa shape index (κ2) is 9.91. The number of carbonyl (C=O) groups is 1. The number of hydrogen-bond acceptors (Lipinski definition) is 4. The maximum absolute atomic E-state index is 13.3. The van der Waals surface area contributed by atoms with E-state index in [2.05, 4.69) is 25.4 Å². The fraction of sp³-hybridized carbons (Fsp3) is 0.250. The van der Waals surface area contributed by atoms with Crippen LogP contribution in [0.3, 0.4) is 0 Å². The van der Waals surface area contributed by atoms with Crippen molar-refractivity contribution in [1.82, 2.24) is 14.8 Å². The number of rotatable bonds is 6. The summed E-state index contributed by atoms with van der Waals surface area (Å²) in [6.45, 7) is 2.99. The van der Waals surface area contributed by atoms with E-state index in [1.807, 2.05) is 85.8 Å². The van der Waals surface area contributed by atoms with E-state index in [0.29, 0.717) is 0 Å². The van der Waals surface area contributed by atoms with Crippen LogP contribution in [0, 0.1) is 6.92 Å². The summed E-state index contributed by atoms with van der Waals surface area (Å²) in [5.74, 6) is 1.88. The summed E-state index contributed by atoms with van der Waals surface area (Å²) in [7, 11) is 0. The van der Waals surface area contributed by atoms with Gasteiger partial charge in [0.15, 0.2) is 5.82 Å². The van der Waals surface area contributed by atoms with Gasteiger partial charge in [0.05, 0.1) is 0 Å². The SMILES string of the molecule is Cc1ccc(NC(=O)[C@@H](Nc2ccc(-c3nnc4n3CCCCC4)cc2)c2ccccc2)cc1. The minimum atomic E-state index is -0.530. The van der Waals surface area contributed by atoms with E-state index in [4.69, 9.17) is 0 Å². The molecule has 1 atom stereocenters. The molecule has 1 aliphatic heterocycles. The number of amides is 1. The minimum absolute atomic E-state index is 0.109. The van der Waals surface area contributed by atoms with E-state index in [1.165, 1.54) is 12.8 Å². The lowest BCUT2D eigenvalue weighted by molar-refractivity contribution is -0.117. The number of nitrogens with one attached hydrogen (secondary N) is 2. The van der Waals surface area contributed by atoms with Crippen molar-refractivity contribution in [1.29, 1.82) is 0 Å². The molecule has 0 fully saturated rings. The van der Waals surface area contributed by atoms with Crippen molar-refractivity contribution in [3.63, 3.8) is 0 Å². The van der Waals surface area contributed by atoms with E-state index in [-0.39, 0.29) is 5.91 Å². The van der Waals surface area contributed by atoms with E-state index < -0.39 is 6.04 Å². The average molecular weight is 452 g/mol. The molecule has 4 aromatic rings. The molecule has 6 heteroatoms. The lowest BCUT2D eigenvalue weighted by Gasteiger charge is -2.20. The second-order valence-electron chi connectivity index (χ2n) is 8.82. The van der Waals surface area contributed by atoms with Gasteiger partial charge in [-0.3, -0.25) is 4.79 Å². The van der Waals surface area contributed by atoms with Crippen LogP contribution in [0.1, 0.15) is 42.3 Å². The number of aromatic nitrogens is 3. The Morgan fingerprint density at radius 3 is 2.35 bits per heavy atom. The van der Waals surface area contributed by atoms with Gasteiger partial charge in [-0.2, -0.15) is 0 Å². The van der Waals surface area contributed by atoms with Gasteiger partial charge in [0, 0.05) is 29.9 Å². The molecule has 2 heterocycles. The van der Waals surface area contributed by atoms with Crippen molar-refractivity contribution in [3.8, 4) is 11.4 Å². The highest BCUT2D eigenvalue weighted by molar-refractivity contribution is 5.97. The first-order chi connectivity index (χ1) is 16.7. The third-order valence-corrected chi connectivity index (χ3v) is 6.28. The molecule has 2 N–H and O–H groups in total. The van der Waals surface area contributed by atoms with E-state index in [0.717, 1.165) is 59.1 Å². The second-order valence-corrected chi connectivity index (χ2v) is 8.82. The molecule has 0 bridgehead atoms. The zero-order valence-corrected chi connectivity index (χ0v) is 19.4. The highest BCUT2D eigenvalue weighted by atomic mass is 16.2. The monoisotopic (exact) mass is 451 g/mol. The first kappa shape index (κ1) is 21.9.